The molecule has 0 aromatic heterocycles. The molecule has 2 heterocycles. The largest absolute Gasteiger partial charge is 0.416 e. The lowest BCUT2D eigenvalue weighted by Gasteiger charge is -2.42. The first-order valence-electron chi connectivity index (χ1n) is 14.7. The highest BCUT2D eigenvalue weighted by Crippen LogP contribution is 2.43. The lowest BCUT2D eigenvalue weighted by Crippen LogP contribution is -2.51. The van der Waals surface area contributed by atoms with Gasteiger partial charge >= 0.3 is 6.18 Å². The number of ether oxygens (including phenoxy) is 2. The molecule has 2 saturated heterocycles. The summed E-state index contributed by atoms with van der Waals surface area (Å²) in [4.78, 5) is 16.0. The number of hydrogen-bond donors (Lipinski definition) is 1. The molecule has 3 fully saturated rings. The van der Waals surface area contributed by atoms with Crippen molar-refractivity contribution in [2.24, 2.45) is 11.8 Å². The Hall–Kier alpha value is -2.47. The summed E-state index contributed by atoms with van der Waals surface area (Å²) in [6.07, 6.45) is -1.81. The van der Waals surface area contributed by atoms with Gasteiger partial charge in [0.1, 0.15) is 0 Å². The second-order valence-electron chi connectivity index (χ2n) is 12.0. The molecule has 1 amide bonds. The number of likely N-dealkylation sites (tertiary alicyclic amines) is 1. The van der Waals surface area contributed by atoms with Crippen LogP contribution in [0.2, 0.25) is 0 Å². The van der Waals surface area contributed by atoms with E-state index in [4.69, 9.17) is 9.47 Å². The Morgan fingerprint density at radius 1 is 1.02 bits per heavy atom. The molecule has 5 rings (SSSR count). The molecule has 230 valence electrons. The zero-order valence-corrected chi connectivity index (χ0v) is 24.8. The van der Waals surface area contributed by atoms with Gasteiger partial charge in [-0.3, -0.25) is 4.79 Å². The molecule has 1 N–H and O–H groups in total. The van der Waals surface area contributed by atoms with Gasteiger partial charge < -0.3 is 19.7 Å². The smallest absolute Gasteiger partial charge is 0.343 e. The van der Waals surface area contributed by atoms with Crippen molar-refractivity contribution in [3.8, 4) is 0 Å². The van der Waals surface area contributed by atoms with Crippen LogP contribution in [0.4, 0.5) is 13.2 Å². The number of amides is 1. The highest BCUT2D eigenvalue weighted by Gasteiger charge is 2.48. The molecule has 0 bridgehead atoms. The van der Waals surface area contributed by atoms with E-state index in [-0.39, 0.29) is 65.8 Å². The van der Waals surface area contributed by atoms with Crippen molar-refractivity contribution in [3.63, 3.8) is 0 Å². The maximum Gasteiger partial charge on any atom is 0.416 e. The van der Waals surface area contributed by atoms with E-state index in [2.05, 4.69) is 19.2 Å². The molecule has 0 unspecified atom stereocenters. The van der Waals surface area contributed by atoms with Gasteiger partial charge in [-0.2, -0.15) is 13.2 Å². The third kappa shape index (κ3) is 6.69. The topological polar surface area (TPSA) is 84.9 Å². The molecule has 0 spiro atoms. The SMILES string of the molecule is CC(C)N[C@@H]1CC[C@H](N2CC[C@H](CC3(c4cccc(C(F)(F)F)c4)OCCO3)C2=O)[C@H](CS(=O)(=O)c2ccccc2)C1. The molecule has 1 saturated carbocycles. The average molecular weight is 609 g/mol. The fourth-order valence-electron chi connectivity index (χ4n) is 6.86. The van der Waals surface area contributed by atoms with Crippen LogP contribution in [0.3, 0.4) is 0 Å². The Labute approximate surface area is 245 Å². The number of benzene rings is 2. The van der Waals surface area contributed by atoms with Crippen molar-refractivity contribution in [1.82, 2.24) is 10.2 Å². The molecule has 2 aromatic carbocycles. The van der Waals surface area contributed by atoms with E-state index in [1.54, 1.807) is 36.4 Å². The summed E-state index contributed by atoms with van der Waals surface area (Å²) >= 11 is 0. The monoisotopic (exact) mass is 608 g/mol. The standard InChI is InChI=1S/C31H39F3N2O5S/c1-21(2)35-26-11-12-28(23(17-26)20-42(38,39)27-9-4-3-5-10-27)36-14-13-22(29(36)37)19-30(40-15-16-41-30)24-7-6-8-25(18-24)31(32,33)34/h3-10,18,21-23,26,28,35H,11-17,19-20H2,1-2H3/t22-,23+,26-,28+/m1/s1. The molecule has 3 aliphatic rings. The van der Waals surface area contributed by atoms with Crippen molar-refractivity contribution in [2.45, 2.75) is 80.9 Å². The minimum Gasteiger partial charge on any atom is -0.343 e. The number of nitrogens with one attached hydrogen (secondary N) is 1. The highest BCUT2D eigenvalue weighted by atomic mass is 32.2. The van der Waals surface area contributed by atoms with Crippen LogP contribution in [0.25, 0.3) is 0 Å². The summed E-state index contributed by atoms with van der Waals surface area (Å²) in [6.45, 7) is 5.00. The molecular weight excluding hydrogens is 569 g/mol. The maximum atomic E-state index is 13.9. The van der Waals surface area contributed by atoms with Gasteiger partial charge in [0.2, 0.25) is 5.91 Å². The van der Waals surface area contributed by atoms with Gasteiger partial charge in [-0.1, -0.05) is 44.2 Å². The van der Waals surface area contributed by atoms with E-state index < -0.39 is 33.3 Å². The van der Waals surface area contributed by atoms with Crippen LogP contribution < -0.4 is 5.32 Å². The van der Waals surface area contributed by atoms with Gasteiger partial charge in [0.25, 0.3) is 0 Å². The van der Waals surface area contributed by atoms with E-state index in [0.29, 0.717) is 25.8 Å². The summed E-state index contributed by atoms with van der Waals surface area (Å²) in [5.41, 5.74) is -0.555. The predicted octanol–water partition coefficient (Wildman–Crippen LogP) is 5.15. The Morgan fingerprint density at radius 3 is 2.40 bits per heavy atom. The number of carbonyl (C=O) groups excluding carboxylic acids is 1. The van der Waals surface area contributed by atoms with E-state index in [1.165, 1.54) is 6.07 Å². The number of alkyl halides is 3. The third-order valence-electron chi connectivity index (χ3n) is 8.70. The Morgan fingerprint density at radius 2 is 1.74 bits per heavy atom. The van der Waals surface area contributed by atoms with E-state index >= 15 is 0 Å². The Bertz CT molecular complexity index is 1350. The third-order valence-corrected chi connectivity index (χ3v) is 10.6. The van der Waals surface area contributed by atoms with Gasteiger partial charge in [-0.05, 0) is 55.9 Å². The fourth-order valence-corrected chi connectivity index (χ4v) is 8.55. The molecule has 0 radical (unpaired) electrons. The Kier molecular flexibility index (Phi) is 9.04. The zero-order valence-electron chi connectivity index (χ0n) is 24.0. The van der Waals surface area contributed by atoms with Crippen LogP contribution in [0, 0.1) is 11.8 Å². The average Bonchev–Trinajstić information content (AvgIpc) is 3.56. The fraction of sp³-hybridized carbons (Fsp3) is 0.581. The van der Waals surface area contributed by atoms with E-state index in [0.717, 1.165) is 18.6 Å². The molecule has 42 heavy (non-hydrogen) atoms. The van der Waals surface area contributed by atoms with Crippen LogP contribution in [-0.2, 0) is 36.1 Å². The molecule has 7 nitrogen and oxygen atoms in total. The van der Waals surface area contributed by atoms with Crippen molar-refractivity contribution >= 4 is 15.7 Å². The van der Waals surface area contributed by atoms with Crippen molar-refractivity contribution in [3.05, 3.63) is 65.7 Å². The Balaban J connectivity index is 1.36. The van der Waals surface area contributed by atoms with Crippen LogP contribution in [-0.4, -0.2) is 62.9 Å². The van der Waals surface area contributed by atoms with Gasteiger partial charge in [-0.25, -0.2) is 8.42 Å². The van der Waals surface area contributed by atoms with E-state index in [1.807, 2.05) is 4.90 Å². The quantitative estimate of drug-likeness (QED) is 0.424. The molecule has 2 aromatic rings. The number of carbonyl (C=O) groups is 1. The maximum absolute atomic E-state index is 13.9. The summed E-state index contributed by atoms with van der Waals surface area (Å²) in [7, 11) is -3.58. The normalized spacial score (nSPS) is 26.7. The number of nitrogens with zero attached hydrogens (tertiary/aromatic N) is 1. The minimum atomic E-state index is -4.52. The predicted molar refractivity (Wildman–Crippen MR) is 151 cm³/mol. The summed E-state index contributed by atoms with van der Waals surface area (Å²) < 4.78 is 79.1. The lowest BCUT2D eigenvalue weighted by molar-refractivity contribution is -0.182. The van der Waals surface area contributed by atoms with Gasteiger partial charge in [0.05, 0.1) is 29.4 Å². The van der Waals surface area contributed by atoms with Crippen LogP contribution in [0.5, 0.6) is 0 Å². The summed E-state index contributed by atoms with van der Waals surface area (Å²) in [5.74, 6) is -2.41. The van der Waals surface area contributed by atoms with Crippen molar-refractivity contribution in [1.29, 1.82) is 0 Å². The summed E-state index contributed by atoms with van der Waals surface area (Å²) in [5, 5.41) is 3.54. The molecule has 4 atom stereocenters. The number of rotatable bonds is 9. The van der Waals surface area contributed by atoms with Gasteiger partial charge in [0, 0.05) is 42.6 Å². The van der Waals surface area contributed by atoms with Crippen LogP contribution in [0.1, 0.15) is 57.1 Å². The van der Waals surface area contributed by atoms with Gasteiger partial charge in [-0.15, -0.1) is 0 Å². The second kappa shape index (κ2) is 12.3. The number of halogens is 3. The minimum absolute atomic E-state index is 0.0627. The van der Waals surface area contributed by atoms with Crippen LogP contribution >= 0.6 is 0 Å². The first kappa shape index (κ1) is 31.0. The number of sulfone groups is 1. The van der Waals surface area contributed by atoms with Crippen molar-refractivity contribution < 1.29 is 35.9 Å². The van der Waals surface area contributed by atoms with Gasteiger partial charge in [0.15, 0.2) is 15.6 Å². The van der Waals surface area contributed by atoms with E-state index in [9.17, 15) is 26.4 Å². The van der Waals surface area contributed by atoms with Crippen molar-refractivity contribution in [2.75, 3.05) is 25.5 Å². The molecule has 2 aliphatic heterocycles. The molecule has 11 heteroatoms. The molecular formula is C31H39F3N2O5S. The lowest BCUT2D eigenvalue weighted by atomic mass is 9.81. The first-order chi connectivity index (χ1) is 19.9. The highest BCUT2D eigenvalue weighted by molar-refractivity contribution is 7.91. The first-order valence-corrected chi connectivity index (χ1v) is 16.3. The van der Waals surface area contributed by atoms with Crippen LogP contribution in [0.15, 0.2) is 59.5 Å². The molecule has 1 aliphatic carbocycles. The number of hydrogen-bond acceptors (Lipinski definition) is 6. The zero-order chi connectivity index (χ0) is 30.1. The summed E-state index contributed by atoms with van der Waals surface area (Å²) in [6, 6.07) is 13.4. The second-order valence-corrected chi connectivity index (χ2v) is 14.0.